The van der Waals surface area contributed by atoms with Crippen molar-refractivity contribution < 1.29 is 4.79 Å². The summed E-state index contributed by atoms with van der Waals surface area (Å²) >= 11 is 9.37. The second kappa shape index (κ2) is 8.90. The van der Waals surface area contributed by atoms with Crippen molar-refractivity contribution in [2.75, 3.05) is 11.4 Å². The van der Waals surface area contributed by atoms with Crippen LogP contribution in [0.3, 0.4) is 0 Å². The minimum atomic E-state index is -0.0770. The maximum absolute atomic E-state index is 13.0. The van der Waals surface area contributed by atoms with E-state index in [0.717, 1.165) is 33.6 Å². The molecule has 148 valence electrons. The number of hydrogen-bond donors (Lipinski definition) is 0. The Balaban J connectivity index is 1.59. The van der Waals surface area contributed by atoms with Gasteiger partial charge in [0, 0.05) is 41.5 Å². The van der Waals surface area contributed by atoms with Gasteiger partial charge in [-0.25, -0.2) is 9.97 Å². The van der Waals surface area contributed by atoms with Gasteiger partial charge in [0.25, 0.3) is 5.91 Å². The van der Waals surface area contributed by atoms with Crippen LogP contribution in [0.2, 0.25) is 5.02 Å². The molecule has 0 spiro atoms. The molecular formula is C21H19ClN4OS2. The first-order chi connectivity index (χ1) is 14.1. The topological polar surface area (TPSA) is 51.0 Å². The number of fused-ring (bicyclic) bond motifs is 1. The van der Waals surface area contributed by atoms with Crippen molar-refractivity contribution in [3.05, 3.63) is 69.9 Å². The molecule has 0 bridgehead atoms. The zero-order valence-electron chi connectivity index (χ0n) is 15.8. The van der Waals surface area contributed by atoms with Gasteiger partial charge in [0.2, 0.25) is 0 Å². The van der Waals surface area contributed by atoms with Gasteiger partial charge in [0.05, 0.1) is 16.5 Å². The fraction of sp³-hybridized carbons (Fsp3) is 0.190. The molecule has 0 saturated carbocycles. The number of carbonyl (C=O) groups excluding carboxylic acids is 1. The zero-order chi connectivity index (χ0) is 20.2. The third kappa shape index (κ3) is 4.58. The summed E-state index contributed by atoms with van der Waals surface area (Å²) in [6.45, 7) is 3.31. The van der Waals surface area contributed by atoms with Crippen LogP contribution in [0.5, 0.6) is 0 Å². The molecule has 29 heavy (non-hydrogen) atoms. The fourth-order valence-corrected chi connectivity index (χ4v) is 4.79. The molecule has 0 aliphatic rings. The summed E-state index contributed by atoms with van der Waals surface area (Å²) in [5.74, 6) is -0.0770. The van der Waals surface area contributed by atoms with Crippen LogP contribution in [0, 0.1) is 6.92 Å². The summed E-state index contributed by atoms with van der Waals surface area (Å²) in [5.41, 5.74) is 1.79. The van der Waals surface area contributed by atoms with Crippen molar-refractivity contribution in [3.63, 3.8) is 0 Å². The Hall–Kier alpha value is -2.48. The first kappa shape index (κ1) is 19.8. The molecule has 8 heteroatoms. The molecule has 3 aromatic heterocycles. The molecule has 0 unspecified atom stereocenters. The molecule has 1 aromatic carbocycles. The van der Waals surface area contributed by atoms with Crippen LogP contribution < -0.4 is 4.90 Å². The average molecular weight is 443 g/mol. The van der Waals surface area contributed by atoms with Crippen molar-refractivity contribution >= 4 is 61.6 Å². The highest BCUT2D eigenvalue weighted by Crippen LogP contribution is 2.33. The standard InChI is InChI=1S/C21H19ClN4OS2/c1-15-17(22)6-7-18-20(15)24-21(29-18)26(11-3-10-25-12-9-23-14-25)19(27)8-5-16-4-2-13-28-16/h2,4-9,12-14H,3,10-11H2,1H3. The molecule has 0 saturated heterocycles. The lowest BCUT2D eigenvalue weighted by atomic mass is 10.2. The van der Waals surface area contributed by atoms with Gasteiger partial charge in [-0.1, -0.05) is 29.0 Å². The predicted molar refractivity (Wildman–Crippen MR) is 122 cm³/mol. The summed E-state index contributed by atoms with van der Waals surface area (Å²) in [5, 5.41) is 3.37. The monoisotopic (exact) mass is 442 g/mol. The number of thiazole rings is 1. The smallest absolute Gasteiger partial charge is 0.252 e. The molecular weight excluding hydrogens is 424 g/mol. The number of nitrogens with zero attached hydrogens (tertiary/aromatic N) is 4. The van der Waals surface area contributed by atoms with Gasteiger partial charge in [-0.05, 0) is 48.6 Å². The predicted octanol–water partition coefficient (Wildman–Crippen LogP) is 5.65. The van der Waals surface area contributed by atoms with Crippen molar-refractivity contribution in [1.82, 2.24) is 14.5 Å². The number of carbonyl (C=O) groups is 1. The van der Waals surface area contributed by atoms with E-state index in [1.807, 2.05) is 53.4 Å². The van der Waals surface area contributed by atoms with E-state index in [4.69, 9.17) is 16.6 Å². The normalized spacial score (nSPS) is 11.5. The van der Waals surface area contributed by atoms with Gasteiger partial charge in [0.15, 0.2) is 5.13 Å². The van der Waals surface area contributed by atoms with E-state index in [-0.39, 0.29) is 5.91 Å². The maximum atomic E-state index is 13.0. The first-order valence-electron chi connectivity index (χ1n) is 9.16. The molecule has 3 heterocycles. The van der Waals surface area contributed by atoms with E-state index >= 15 is 0 Å². The molecule has 4 rings (SSSR count). The van der Waals surface area contributed by atoms with E-state index in [9.17, 15) is 4.79 Å². The number of rotatable bonds is 7. The van der Waals surface area contributed by atoms with E-state index in [0.29, 0.717) is 16.7 Å². The molecule has 1 amide bonds. The zero-order valence-corrected chi connectivity index (χ0v) is 18.2. The lowest BCUT2D eigenvalue weighted by molar-refractivity contribution is -0.114. The van der Waals surface area contributed by atoms with Gasteiger partial charge in [-0.3, -0.25) is 9.69 Å². The quantitative estimate of drug-likeness (QED) is 0.347. The average Bonchev–Trinajstić information content (AvgIpc) is 3.48. The SMILES string of the molecule is Cc1c(Cl)ccc2sc(N(CCCn3ccnc3)C(=O)C=Cc3cccs3)nc12. The molecule has 5 nitrogen and oxygen atoms in total. The van der Waals surface area contributed by atoms with E-state index < -0.39 is 0 Å². The lowest BCUT2D eigenvalue weighted by Crippen LogP contribution is -2.30. The van der Waals surface area contributed by atoms with Gasteiger partial charge >= 0.3 is 0 Å². The summed E-state index contributed by atoms with van der Waals surface area (Å²) < 4.78 is 3.03. The molecule has 0 radical (unpaired) electrons. The van der Waals surface area contributed by atoms with Gasteiger partial charge < -0.3 is 4.57 Å². The molecule has 0 N–H and O–H groups in total. The van der Waals surface area contributed by atoms with Gasteiger partial charge in [-0.2, -0.15) is 0 Å². The largest absolute Gasteiger partial charge is 0.337 e. The fourth-order valence-electron chi connectivity index (χ4n) is 2.96. The van der Waals surface area contributed by atoms with Crippen LogP contribution in [0.4, 0.5) is 5.13 Å². The Morgan fingerprint density at radius 2 is 2.24 bits per heavy atom. The molecule has 0 fully saturated rings. The summed E-state index contributed by atoms with van der Waals surface area (Å²) in [6.07, 6.45) is 9.73. The van der Waals surface area contributed by atoms with Crippen LogP contribution in [0.25, 0.3) is 16.3 Å². The Labute approximate surface area is 181 Å². The van der Waals surface area contributed by atoms with Crippen molar-refractivity contribution in [2.24, 2.45) is 0 Å². The van der Waals surface area contributed by atoms with E-state index in [1.165, 1.54) is 11.3 Å². The van der Waals surface area contributed by atoms with Crippen LogP contribution in [0.15, 0.2) is 54.4 Å². The minimum Gasteiger partial charge on any atom is -0.337 e. The highest BCUT2D eigenvalue weighted by atomic mass is 35.5. The number of halogens is 1. The highest BCUT2D eigenvalue weighted by Gasteiger charge is 2.19. The maximum Gasteiger partial charge on any atom is 0.252 e. The van der Waals surface area contributed by atoms with Crippen LogP contribution >= 0.6 is 34.3 Å². The Morgan fingerprint density at radius 1 is 1.34 bits per heavy atom. The number of hydrogen-bond acceptors (Lipinski definition) is 5. The van der Waals surface area contributed by atoms with Gasteiger partial charge in [0.1, 0.15) is 0 Å². The van der Waals surface area contributed by atoms with Crippen molar-refractivity contribution in [3.8, 4) is 0 Å². The van der Waals surface area contributed by atoms with Crippen molar-refractivity contribution in [1.29, 1.82) is 0 Å². The third-order valence-corrected chi connectivity index (χ3v) is 6.81. The molecule has 0 aliphatic heterocycles. The summed E-state index contributed by atoms with van der Waals surface area (Å²) in [4.78, 5) is 24.6. The highest BCUT2D eigenvalue weighted by molar-refractivity contribution is 7.22. The molecule has 4 aromatic rings. The Kier molecular flexibility index (Phi) is 6.08. The number of anilines is 1. The lowest BCUT2D eigenvalue weighted by Gasteiger charge is -2.18. The van der Waals surface area contributed by atoms with E-state index in [2.05, 4.69) is 4.98 Å². The van der Waals surface area contributed by atoms with Crippen molar-refractivity contribution in [2.45, 2.75) is 19.9 Å². The summed E-state index contributed by atoms with van der Waals surface area (Å²) in [6, 6.07) is 7.79. The number of thiophene rings is 1. The second-order valence-electron chi connectivity index (χ2n) is 6.51. The van der Waals surface area contributed by atoms with Crippen LogP contribution in [-0.4, -0.2) is 27.0 Å². The van der Waals surface area contributed by atoms with E-state index in [1.54, 1.807) is 34.8 Å². The molecule has 0 atom stereocenters. The Morgan fingerprint density at radius 3 is 3.00 bits per heavy atom. The third-order valence-electron chi connectivity index (χ3n) is 4.52. The number of imidazole rings is 1. The Bertz CT molecular complexity index is 1130. The number of benzene rings is 1. The van der Waals surface area contributed by atoms with Crippen LogP contribution in [-0.2, 0) is 11.3 Å². The summed E-state index contributed by atoms with van der Waals surface area (Å²) in [7, 11) is 0. The minimum absolute atomic E-state index is 0.0770. The first-order valence-corrected chi connectivity index (χ1v) is 11.2. The number of amides is 1. The second-order valence-corrected chi connectivity index (χ2v) is 8.90. The number of aromatic nitrogens is 3. The van der Waals surface area contributed by atoms with Crippen LogP contribution in [0.1, 0.15) is 16.9 Å². The molecule has 0 aliphatic carbocycles. The van der Waals surface area contributed by atoms with Gasteiger partial charge in [-0.15, -0.1) is 11.3 Å². The number of aryl methyl sites for hydroxylation is 2.